The van der Waals surface area contributed by atoms with Crippen LogP contribution in [0.15, 0.2) is 30.3 Å². The number of rotatable bonds is 3. The lowest BCUT2D eigenvalue weighted by Crippen LogP contribution is -2.48. The van der Waals surface area contributed by atoms with Crippen LogP contribution in [0.25, 0.3) is 0 Å². The Morgan fingerprint density at radius 3 is 2.65 bits per heavy atom. The third kappa shape index (κ3) is 4.45. The molecule has 3 rings (SSSR count). The zero-order valence-electron chi connectivity index (χ0n) is 13.2. The van der Waals surface area contributed by atoms with Gasteiger partial charge in [-0.05, 0) is 37.9 Å². The van der Waals surface area contributed by atoms with E-state index in [1.54, 1.807) is 0 Å². The summed E-state index contributed by atoms with van der Waals surface area (Å²) in [5, 5.41) is 6.36. The fraction of sp³-hybridized carbons (Fsp3) is 0.529. The fourth-order valence-corrected chi connectivity index (χ4v) is 3.24. The van der Waals surface area contributed by atoms with E-state index in [-0.39, 0.29) is 36.2 Å². The third-order valence-electron chi connectivity index (χ3n) is 4.51. The molecule has 0 spiro atoms. The van der Waals surface area contributed by atoms with Crippen LogP contribution in [-0.2, 0) is 4.79 Å². The van der Waals surface area contributed by atoms with Crippen molar-refractivity contribution in [2.75, 3.05) is 26.2 Å². The lowest BCUT2D eigenvalue weighted by atomic mass is 9.96. The average molecular weight is 338 g/mol. The smallest absolute Gasteiger partial charge is 0.253 e. The fourth-order valence-electron chi connectivity index (χ4n) is 3.24. The highest BCUT2D eigenvalue weighted by Crippen LogP contribution is 2.19. The molecular weight excluding hydrogens is 314 g/mol. The Morgan fingerprint density at radius 1 is 1.17 bits per heavy atom. The number of nitrogens with zero attached hydrogens (tertiary/aromatic N) is 1. The van der Waals surface area contributed by atoms with Gasteiger partial charge in [-0.25, -0.2) is 0 Å². The van der Waals surface area contributed by atoms with Crippen molar-refractivity contribution in [2.24, 2.45) is 5.92 Å². The molecule has 2 aliphatic heterocycles. The predicted octanol–water partition coefficient (Wildman–Crippen LogP) is 1.44. The Labute approximate surface area is 143 Å². The molecular formula is C17H24ClN3O2. The maximum Gasteiger partial charge on any atom is 0.253 e. The van der Waals surface area contributed by atoms with Gasteiger partial charge in [0.15, 0.2) is 0 Å². The monoisotopic (exact) mass is 337 g/mol. The lowest BCUT2D eigenvalue weighted by Gasteiger charge is -2.32. The first-order valence-corrected chi connectivity index (χ1v) is 8.09. The first-order chi connectivity index (χ1) is 10.7. The third-order valence-corrected chi connectivity index (χ3v) is 4.51. The molecule has 0 radical (unpaired) electrons. The number of likely N-dealkylation sites (tertiary alicyclic amines) is 1. The van der Waals surface area contributed by atoms with Crippen molar-refractivity contribution in [3.05, 3.63) is 35.9 Å². The molecule has 1 aromatic rings. The molecule has 2 atom stereocenters. The van der Waals surface area contributed by atoms with Crippen LogP contribution in [-0.4, -0.2) is 48.9 Å². The Bertz CT molecular complexity index is 532. The Morgan fingerprint density at radius 2 is 1.96 bits per heavy atom. The molecule has 2 N–H and O–H groups in total. The summed E-state index contributed by atoms with van der Waals surface area (Å²) in [6.07, 6.45) is 2.75. The van der Waals surface area contributed by atoms with E-state index in [2.05, 4.69) is 10.6 Å². The summed E-state index contributed by atoms with van der Waals surface area (Å²) in [4.78, 5) is 26.7. The first-order valence-electron chi connectivity index (χ1n) is 8.09. The van der Waals surface area contributed by atoms with Crippen LogP contribution < -0.4 is 10.6 Å². The van der Waals surface area contributed by atoms with E-state index in [0.29, 0.717) is 12.1 Å². The normalized spacial score (nSPS) is 23.9. The van der Waals surface area contributed by atoms with Gasteiger partial charge >= 0.3 is 0 Å². The van der Waals surface area contributed by atoms with Gasteiger partial charge in [0.2, 0.25) is 5.91 Å². The summed E-state index contributed by atoms with van der Waals surface area (Å²) in [5.74, 6) is 0.0434. The van der Waals surface area contributed by atoms with Gasteiger partial charge in [0, 0.05) is 31.2 Å². The van der Waals surface area contributed by atoms with E-state index in [1.165, 1.54) is 0 Å². The van der Waals surface area contributed by atoms with Gasteiger partial charge in [0.05, 0.1) is 5.92 Å². The van der Waals surface area contributed by atoms with Gasteiger partial charge in [-0.2, -0.15) is 0 Å². The highest BCUT2D eigenvalue weighted by Gasteiger charge is 2.30. The van der Waals surface area contributed by atoms with Crippen molar-refractivity contribution in [2.45, 2.75) is 25.3 Å². The lowest BCUT2D eigenvalue weighted by molar-refractivity contribution is -0.126. The zero-order valence-corrected chi connectivity index (χ0v) is 14.0. The van der Waals surface area contributed by atoms with E-state index in [1.807, 2.05) is 35.2 Å². The minimum absolute atomic E-state index is 0. The quantitative estimate of drug-likeness (QED) is 0.877. The van der Waals surface area contributed by atoms with E-state index >= 15 is 0 Å². The molecule has 2 fully saturated rings. The van der Waals surface area contributed by atoms with Gasteiger partial charge in [-0.15, -0.1) is 12.4 Å². The van der Waals surface area contributed by atoms with Crippen LogP contribution in [0.3, 0.4) is 0 Å². The minimum Gasteiger partial charge on any atom is -0.352 e. The van der Waals surface area contributed by atoms with E-state index in [9.17, 15) is 9.59 Å². The second kappa shape index (κ2) is 8.31. The number of carbonyl (C=O) groups is 2. The van der Waals surface area contributed by atoms with Gasteiger partial charge in [-0.3, -0.25) is 9.59 Å². The van der Waals surface area contributed by atoms with E-state index in [0.717, 1.165) is 38.9 Å². The number of halogens is 1. The van der Waals surface area contributed by atoms with Crippen LogP contribution >= 0.6 is 12.4 Å². The molecule has 0 bridgehead atoms. The minimum atomic E-state index is -0.0815. The Hall–Kier alpha value is -1.59. The van der Waals surface area contributed by atoms with Crippen molar-refractivity contribution in [1.29, 1.82) is 0 Å². The van der Waals surface area contributed by atoms with Crippen molar-refractivity contribution in [3.63, 3.8) is 0 Å². The first kappa shape index (κ1) is 17.8. The van der Waals surface area contributed by atoms with Crippen LogP contribution in [0.5, 0.6) is 0 Å². The maximum absolute atomic E-state index is 12.5. The standard InChI is InChI=1S/C17H23N3O2.ClH/c21-16(19-15-8-9-18-11-15)14-7-4-10-20(12-14)17(22)13-5-2-1-3-6-13;/h1-3,5-6,14-15,18H,4,7-12H2,(H,19,21);1H. The highest BCUT2D eigenvalue weighted by atomic mass is 35.5. The number of hydrogen-bond donors (Lipinski definition) is 2. The molecule has 0 saturated carbocycles. The zero-order chi connectivity index (χ0) is 15.4. The van der Waals surface area contributed by atoms with Crippen LogP contribution in [0.1, 0.15) is 29.6 Å². The van der Waals surface area contributed by atoms with Gasteiger partial charge < -0.3 is 15.5 Å². The number of hydrogen-bond acceptors (Lipinski definition) is 3. The summed E-state index contributed by atoms with van der Waals surface area (Å²) >= 11 is 0. The van der Waals surface area contributed by atoms with Crippen molar-refractivity contribution < 1.29 is 9.59 Å². The highest BCUT2D eigenvalue weighted by molar-refractivity contribution is 5.94. The van der Waals surface area contributed by atoms with Crippen molar-refractivity contribution >= 4 is 24.2 Å². The number of benzene rings is 1. The number of piperidine rings is 1. The van der Waals surface area contributed by atoms with Crippen LogP contribution in [0.2, 0.25) is 0 Å². The molecule has 2 amide bonds. The van der Waals surface area contributed by atoms with E-state index in [4.69, 9.17) is 0 Å². The summed E-state index contributed by atoms with van der Waals surface area (Å²) in [5.41, 5.74) is 0.698. The summed E-state index contributed by atoms with van der Waals surface area (Å²) in [6, 6.07) is 9.54. The van der Waals surface area contributed by atoms with Crippen molar-refractivity contribution in [1.82, 2.24) is 15.5 Å². The SMILES string of the molecule is Cl.O=C(NC1CCNC1)C1CCCN(C(=O)c2ccccc2)C1. The number of carbonyl (C=O) groups excluding carboxylic acids is 2. The van der Waals surface area contributed by atoms with Crippen molar-refractivity contribution in [3.8, 4) is 0 Å². The van der Waals surface area contributed by atoms with Gasteiger partial charge in [0.1, 0.15) is 0 Å². The molecule has 126 valence electrons. The largest absolute Gasteiger partial charge is 0.352 e. The topological polar surface area (TPSA) is 61.4 Å². The second-order valence-corrected chi connectivity index (χ2v) is 6.15. The number of amides is 2. The summed E-state index contributed by atoms with van der Waals surface area (Å²) in [6.45, 7) is 3.08. The molecule has 0 aromatic heterocycles. The van der Waals surface area contributed by atoms with Crippen LogP contribution in [0, 0.1) is 5.92 Å². The molecule has 2 unspecified atom stereocenters. The molecule has 23 heavy (non-hydrogen) atoms. The summed E-state index contributed by atoms with van der Waals surface area (Å²) in [7, 11) is 0. The Kier molecular flexibility index (Phi) is 6.42. The molecule has 2 saturated heterocycles. The van der Waals surface area contributed by atoms with Crippen LogP contribution in [0.4, 0.5) is 0 Å². The molecule has 0 aliphatic carbocycles. The molecule has 1 aromatic carbocycles. The van der Waals surface area contributed by atoms with Gasteiger partial charge in [0.25, 0.3) is 5.91 Å². The Balaban J connectivity index is 0.00000192. The average Bonchev–Trinajstić information content (AvgIpc) is 3.08. The maximum atomic E-state index is 12.5. The molecule has 5 nitrogen and oxygen atoms in total. The molecule has 2 heterocycles. The van der Waals surface area contributed by atoms with E-state index < -0.39 is 0 Å². The summed E-state index contributed by atoms with van der Waals surface area (Å²) < 4.78 is 0. The molecule has 6 heteroatoms. The second-order valence-electron chi connectivity index (χ2n) is 6.15. The number of nitrogens with one attached hydrogen (secondary N) is 2. The molecule has 2 aliphatic rings. The van der Waals surface area contributed by atoms with Gasteiger partial charge in [-0.1, -0.05) is 18.2 Å². The predicted molar refractivity (Wildman–Crippen MR) is 91.7 cm³/mol.